The number of alkyl halides is 3. The molecule has 2 aromatic rings. The Morgan fingerprint density at radius 1 is 1.28 bits per heavy atom. The van der Waals surface area contributed by atoms with Crippen LogP contribution in [0.3, 0.4) is 0 Å². The number of nitrogens with zero attached hydrogens (tertiary/aromatic N) is 2. The van der Waals surface area contributed by atoms with Gasteiger partial charge in [0.15, 0.2) is 0 Å². The second-order valence-electron chi connectivity index (χ2n) is 7.53. The molecule has 29 heavy (non-hydrogen) atoms. The van der Waals surface area contributed by atoms with Crippen LogP contribution in [0.25, 0.3) is 11.0 Å². The molecule has 3 N–H and O–H groups in total. The quantitative estimate of drug-likeness (QED) is 0.717. The Kier molecular flexibility index (Phi) is 5.50. The number of nitrogens with one attached hydrogen (secondary N) is 2. The summed E-state index contributed by atoms with van der Waals surface area (Å²) in [4.78, 5) is 20.6. The number of aliphatic hydroxyl groups excluding tert-OH is 1. The fourth-order valence-electron chi connectivity index (χ4n) is 4.16. The fourth-order valence-corrected chi connectivity index (χ4v) is 4.16. The van der Waals surface area contributed by atoms with E-state index in [0.717, 1.165) is 25.9 Å². The standard InChI is InChI=1S/C19H23F3N4O3/c20-19(21,22)18-24-12-5-4-11(10-14(12)25-18)17(28)23-13-2-1-3-15(16(13)27)26-6-8-29-9-7-26/h4-5,10,13,15-16,27H,1-3,6-9H2,(H,23,28)(H,24,25)/t13-,15-,16-/m1/s1. The molecule has 158 valence electrons. The van der Waals surface area contributed by atoms with Crippen molar-refractivity contribution in [2.75, 3.05) is 26.3 Å². The van der Waals surface area contributed by atoms with E-state index >= 15 is 0 Å². The summed E-state index contributed by atoms with van der Waals surface area (Å²) in [6.07, 6.45) is -2.91. The lowest BCUT2D eigenvalue weighted by molar-refractivity contribution is -0.144. The number of carbonyl (C=O) groups excluding carboxylic acids is 1. The van der Waals surface area contributed by atoms with Gasteiger partial charge < -0.3 is 20.1 Å². The highest BCUT2D eigenvalue weighted by Gasteiger charge is 2.37. The molecule has 0 spiro atoms. The van der Waals surface area contributed by atoms with Gasteiger partial charge in [-0.3, -0.25) is 9.69 Å². The van der Waals surface area contributed by atoms with Crippen LogP contribution in [0, 0.1) is 0 Å². The van der Waals surface area contributed by atoms with Crippen molar-refractivity contribution in [2.24, 2.45) is 0 Å². The summed E-state index contributed by atoms with van der Waals surface area (Å²) < 4.78 is 43.8. The molecule has 1 aliphatic heterocycles. The maximum atomic E-state index is 12.8. The van der Waals surface area contributed by atoms with E-state index in [1.807, 2.05) is 0 Å². The molecule has 0 unspecified atom stereocenters. The maximum Gasteiger partial charge on any atom is 0.449 e. The monoisotopic (exact) mass is 412 g/mol. The molecule has 1 aromatic carbocycles. The first-order chi connectivity index (χ1) is 13.8. The first-order valence-corrected chi connectivity index (χ1v) is 9.70. The smallest absolute Gasteiger partial charge is 0.389 e. The molecule has 0 bridgehead atoms. The predicted octanol–water partition coefficient (Wildman–Crippen LogP) is 1.93. The normalized spacial score (nSPS) is 26.6. The summed E-state index contributed by atoms with van der Waals surface area (Å²) in [7, 11) is 0. The Bertz CT molecular complexity index is 879. The number of benzene rings is 1. The molecular formula is C19H23F3N4O3. The molecule has 4 rings (SSSR count). The van der Waals surface area contributed by atoms with Crippen LogP contribution in [0.1, 0.15) is 35.4 Å². The number of fused-ring (bicyclic) bond motifs is 1. The predicted molar refractivity (Wildman–Crippen MR) is 98.4 cm³/mol. The third-order valence-corrected chi connectivity index (χ3v) is 5.67. The Labute approximate surface area is 165 Å². The minimum Gasteiger partial charge on any atom is -0.389 e. The number of aliphatic hydroxyl groups is 1. The van der Waals surface area contributed by atoms with Gasteiger partial charge in [0, 0.05) is 24.7 Å². The maximum absolute atomic E-state index is 12.8. The van der Waals surface area contributed by atoms with Crippen LogP contribution >= 0.6 is 0 Å². The second-order valence-corrected chi connectivity index (χ2v) is 7.53. The highest BCUT2D eigenvalue weighted by atomic mass is 19.4. The number of carbonyl (C=O) groups is 1. The largest absolute Gasteiger partial charge is 0.449 e. The van der Waals surface area contributed by atoms with Gasteiger partial charge >= 0.3 is 6.18 Å². The summed E-state index contributed by atoms with van der Waals surface area (Å²) in [6, 6.07) is 3.72. The van der Waals surface area contributed by atoms with Crippen molar-refractivity contribution >= 4 is 16.9 Å². The SMILES string of the molecule is O=C(N[C@@H]1CCC[C@@H](N2CCOCC2)[C@@H]1O)c1ccc2nc(C(F)(F)F)[nH]c2c1. The number of halogens is 3. The number of hydrogen-bond donors (Lipinski definition) is 3. The molecule has 1 saturated carbocycles. The van der Waals surface area contributed by atoms with Crippen molar-refractivity contribution in [1.29, 1.82) is 0 Å². The number of ether oxygens (including phenoxy) is 1. The van der Waals surface area contributed by atoms with Crippen LogP contribution in [-0.2, 0) is 10.9 Å². The zero-order valence-corrected chi connectivity index (χ0v) is 15.7. The molecule has 2 heterocycles. The van der Waals surface area contributed by atoms with E-state index in [2.05, 4.69) is 20.2 Å². The number of amides is 1. The zero-order valence-electron chi connectivity index (χ0n) is 15.7. The summed E-state index contributed by atoms with van der Waals surface area (Å²) >= 11 is 0. The molecule has 1 aliphatic carbocycles. The van der Waals surface area contributed by atoms with Gasteiger partial charge in [-0.1, -0.05) is 0 Å². The third-order valence-electron chi connectivity index (χ3n) is 5.67. The van der Waals surface area contributed by atoms with Crippen molar-refractivity contribution in [1.82, 2.24) is 20.2 Å². The summed E-state index contributed by atoms with van der Waals surface area (Å²) in [5.74, 6) is -1.53. The van der Waals surface area contributed by atoms with Gasteiger partial charge in [-0.15, -0.1) is 0 Å². The van der Waals surface area contributed by atoms with Crippen LogP contribution in [0.5, 0.6) is 0 Å². The van der Waals surface area contributed by atoms with E-state index in [9.17, 15) is 23.1 Å². The van der Waals surface area contributed by atoms with Crippen molar-refractivity contribution in [2.45, 2.75) is 43.6 Å². The van der Waals surface area contributed by atoms with Crippen molar-refractivity contribution in [3.8, 4) is 0 Å². The zero-order chi connectivity index (χ0) is 20.6. The highest BCUT2D eigenvalue weighted by Crippen LogP contribution is 2.29. The van der Waals surface area contributed by atoms with Gasteiger partial charge in [0.05, 0.1) is 36.4 Å². The molecule has 2 aliphatic rings. The number of imidazole rings is 1. The lowest BCUT2D eigenvalue weighted by atomic mass is 9.86. The minimum absolute atomic E-state index is 0.0395. The fraction of sp³-hybridized carbons (Fsp3) is 0.579. The van der Waals surface area contributed by atoms with E-state index in [0.29, 0.717) is 19.6 Å². The summed E-state index contributed by atoms with van der Waals surface area (Å²) in [5, 5.41) is 13.7. The Hall–Kier alpha value is -2.17. The van der Waals surface area contributed by atoms with E-state index in [4.69, 9.17) is 4.74 Å². The van der Waals surface area contributed by atoms with Gasteiger partial charge in [-0.2, -0.15) is 13.2 Å². The molecular weight excluding hydrogens is 389 g/mol. The molecule has 0 radical (unpaired) electrons. The minimum atomic E-state index is -4.58. The topological polar surface area (TPSA) is 90.5 Å². The van der Waals surface area contributed by atoms with E-state index in [-0.39, 0.29) is 22.6 Å². The lowest BCUT2D eigenvalue weighted by Gasteiger charge is -2.43. The molecule has 2 fully saturated rings. The summed E-state index contributed by atoms with van der Waals surface area (Å²) in [6.45, 7) is 2.76. The van der Waals surface area contributed by atoms with Crippen LogP contribution in [0.4, 0.5) is 13.2 Å². The van der Waals surface area contributed by atoms with Crippen molar-refractivity contribution in [3.63, 3.8) is 0 Å². The first kappa shape index (κ1) is 20.1. The number of aromatic nitrogens is 2. The molecule has 1 aromatic heterocycles. The summed E-state index contributed by atoms with van der Waals surface area (Å²) in [5.41, 5.74) is 0.495. The van der Waals surface area contributed by atoms with Crippen LogP contribution in [-0.4, -0.2) is 70.4 Å². The van der Waals surface area contributed by atoms with Crippen LogP contribution in [0.15, 0.2) is 18.2 Å². The van der Waals surface area contributed by atoms with Gasteiger partial charge in [-0.25, -0.2) is 4.98 Å². The first-order valence-electron chi connectivity index (χ1n) is 9.70. The van der Waals surface area contributed by atoms with Gasteiger partial charge in [0.1, 0.15) is 0 Å². The highest BCUT2D eigenvalue weighted by molar-refractivity contribution is 5.97. The van der Waals surface area contributed by atoms with E-state index in [1.165, 1.54) is 18.2 Å². The van der Waals surface area contributed by atoms with Crippen molar-refractivity contribution in [3.05, 3.63) is 29.6 Å². The molecule has 1 saturated heterocycles. The van der Waals surface area contributed by atoms with Gasteiger partial charge in [0.25, 0.3) is 5.91 Å². The van der Waals surface area contributed by atoms with E-state index < -0.39 is 30.1 Å². The van der Waals surface area contributed by atoms with E-state index in [1.54, 1.807) is 0 Å². The van der Waals surface area contributed by atoms with Crippen LogP contribution < -0.4 is 5.32 Å². The number of morpholine rings is 1. The third kappa shape index (κ3) is 4.24. The van der Waals surface area contributed by atoms with Gasteiger partial charge in [0.2, 0.25) is 5.82 Å². The molecule has 7 nitrogen and oxygen atoms in total. The molecule has 10 heteroatoms. The second kappa shape index (κ2) is 7.92. The Morgan fingerprint density at radius 3 is 2.76 bits per heavy atom. The average Bonchev–Trinajstić information content (AvgIpc) is 3.14. The Morgan fingerprint density at radius 2 is 2.03 bits per heavy atom. The lowest BCUT2D eigenvalue weighted by Crippen LogP contribution is -2.58. The number of aromatic amines is 1. The Balaban J connectivity index is 1.46. The van der Waals surface area contributed by atoms with Crippen LogP contribution in [0.2, 0.25) is 0 Å². The molecule has 3 atom stereocenters. The average molecular weight is 412 g/mol. The molecule has 1 amide bonds. The van der Waals surface area contributed by atoms with Crippen molar-refractivity contribution < 1.29 is 27.8 Å². The van der Waals surface area contributed by atoms with Gasteiger partial charge in [-0.05, 0) is 37.5 Å². The number of H-pyrrole nitrogens is 1. The number of rotatable bonds is 3. The number of hydrogen-bond acceptors (Lipinski definition) is 5.